The van der Waals surface area contributed by atoms with Crippen LogP contribution in [0.1, 0.15) is 23.2 Å². The van der Waals surface area contributed by atoms with Gasteiger partial charge in [0.2, 0.25) is 0 Å². The van der Waals surface area contributed by atoms with Crippen molar-refractivity contribution in [2.24, 2.45) is 0 Å². The normalized spacial score (nSPS) is 20.8. The summed E-state index contributed by atoms with van der Waals surface area (Å²) in [5, 5.41) is 27.5. The van der Waals surface area contributed by atoms with Crippen LogP contribution >= 0.6 is 0 Å². The van der Waals surface area contributed by atoms with Gasteiger partial charge in [-0.1, -0.05) is 11.2 Å². The van der Waals surface area contributed by atoms with Crippen LogP contribution in [0, 0.1) is 13.8 Å². The zero-order chi connectivity index (χ0) is 20.1. The molecule has 2 unspecified atom stereocenters. The highest BCUT2D eigenvalue weighted by molar-refractivity contribution is 5.92. The zero-order valence-corrected chi connectivity index (χ0v) is 16.2. The molecule has 2 aromatic heterocycles. The first-order valence-electron chi connectivity index (χ1n) is 9.58. The fourth-order valence-corrected chi connectivity index (χ4v) is 4.30. The first-order valence-corrected chi connectivity index (χ1v) is 9.58. The van der Waals surface area contributed by atoms with Gasteiger partial charge in [-0.25, -0.2) is 0 Å². The molecular formula is C21H22N4O4. The van der Waals surface area contributed by atoms with Gasteiger partial charge in [-0.2, -0.15) is 0 Å². The Labute approximate surface area is 167 Å². The number of ether oxygens (including phenoxy) is 1. The number of hydrogen-bond acceptors (Lipinski definition) is 8. The number of aliphatic hydroxyl groups excluding tert-OH is 2. The second-order valence-corrected chi connectivity index (χ2v) is 7.37. The summed E-state index contributed by atoms with van der Waals surface area (Å²) in [6.07, 6.45) is 0.277. The van der Waals surface area contributed by atoms with E-state index in [-0.39, 0.29) is 12.6 Å². The minimum absolute atomic E-state index is 0.205. The van der Waals surface area contributed by atoms with Crippen molar-refractivity contribution >= 4 is 11.4 Å². The van der Waals surface area contributed by atoms with Crippen LogP contribution in [0.5, 0.6) is 5.75 Å². The molecule has 0 bridgehead atoms. The molecule has 4 heterocycles. The molecule has 0 fully saturated rings. The minimum atomic E-state index is -0.970. The number of aryl methyl sites for hydroxylation is 2. The molecular weight excluding hydrogens is 372 g/mol. The number of benzene rings is 1. The second kappa shape index (κ2) is 6.75. The van der Waals surface area contributed by atoms with Crippen LogP contribution in [0.25, 0.3) is 11.1 Å². The minimum Gasteiger partial charge on any atom is -0.488 e. The van der Waals surface area contributed by atoms with Crippen molar-refractivity contribution in [3.05, 3.63) is 53.7 Å². The second-order valence-electron chi connectivity index (χ2n) is 7.37. The maximum atomic E-state index is 10.5. The zero-order valence-electron chi connectivity index (χ0n) is 16.2. The van der Waals surface area contributed by atoms with E-state index in [9.17, 15) is 10.2 Å². The van der Waals surface area contributed by atoms with Gasteiger partial charge in [-0.05, 0) is 38.1 Å². The Kier molecular flexibility index (Phi) is 4.18. The Morgan fingerprint density at radius 3 is 2.83 bits per heavy atom. The van der Waals surface area contributed by atoms with Crippen molar-refractivity contribution in [3.8, 4) is 16.9 Å². The summed E-state index contributed by atoms with van der Waals surface area (Å²) in [5.41, 5.74) is 5.12. The van der Waals surface area contributed by atoms with E-state index in [2.05, 4.69) is 20.4 Å². The monoisotopic (exact) mass is 394 g/mol. The predicted molar refractivity (Wildman–Crippen MR) is 107 cm³/mol. The lowest BCUT2D eigenvalue weighted by molar-refractivity contribution is 0.0746. The number of aliphatic hydroxyl groups is 2. The number of hydrogen-bond donors (Lipinski definition) is 3. The fraction of sp³-hybridized carbons (Fsp3) is 0.333. The molecule has 3 atom stereocenters. The molecule has 8 nitrogen and oxygen atoms in total. The van der Waals surface area contributed by atoms with Gasteiger partial charge in [-0.3, -0.25) is 4.98 Å². The Morgan fingerprint density at radius 1 is 1.28 bits per heavy atom. The van der Waals surface area contributed by atoms with Crippen LogP contribution in [0.15, 0.2) is 41.1 Å². The maximum absolute atomic E-state index is 10.5. The number of pyridine rings is 1. The lowest BCUT2D eigenvalue weighted by Gasteiger charge is -2.40. The Balaban J connectivity index is 1.69. The molecule has 29 heavy (non-hydrogen) atoms. The van der Waals surface area contributed by atoms with E-state index >= 15 is 0 Å². The van der Waals surface area contributed by atoms with Crippen LogP contribution in [-0.4, -0.2) is 45.8 Å². The van der Waals surface area contributed by atoms with E-state index < -0.39 is 12.3 Å². The van der Waals surface area contributed by atoms with E-state index in [1.165, 1.54) is 0 Å². The van der Waals surface area contributed by atoms with Gasteiger partial charge >= 0.3 is 0 Å². The standard InChI is InChI=1S/C21H22N4O4/c1-11-18(12(2)29-24-11)13-6-7-15-19-20(13)28-10-16(14-5-3-4-8-22-14)25(19)21(23-15)17(27)9-26/h3-8,16-17,21,23,26-27H,9-10H2,1-2H3/t16-,17?,21?/m1/s1. The summed E-state index contributed by atoms with van der Waals surface area (Å²) >= 11 is 0. The van der Waals surface area contributed by atoms with E-state index in [0.717, 1.165) is 39.6 Å². The molecule has 8 heteroatoms. The van der Waals surface area contributed by atoms with Crippen LogP contribution < -0.4 is 15.0 Å². The number of rotatable bonds is 4. The lowest BCUT2D eigenvalue weighted by Crippen LogP contribution is -2.50. The smallest absolute Gasteiger partial charge is 0.152 e. The number of anilines is 2. The van der Waals surface area contributed by atoms with Gasteiger partial charge in [0.1, 0.15) is 36.4 Å². The molecule has 5 rings (SSSR count). The molecule has 0 amide bonds. The summed E-state index contributed by atoms with van der Waals surface area (Å²) < 4.78 is 11.6. The van der Waals surface area contributed by atoms with Crippen molar-refractivity contribution in [1.29, 1.82) is 0 Å². The van der Waals surface area contributed by atoms with Gasteiger partial charge in [-0.15, -0.1) is 0 Å². The van der Waals surface area contributed by atoms with Crippen molar-refractivity contribution in [1.82, 2.24) is 10.1 Å². The largest absolute Gasteiger partial charge is 0.488 e. The van der Waals surface area contributed by atoms with Crippen molar-refractivity contribution in [3.63, 3.8) is 0 Å². The van der Waals surface area contributed by atoms with Crippen molar-refractivity contribution in [2.45, 2.75) is 32.2 Å². The topological polar surface area (TPSA) is 104 Å². The summed E-state index contributed by atoms with van der Waals surface area (Å²) in [4.78, 5) is 6.57. The quantitative estimate of drug-likeness (QED) is 0.620. The molecule has 0 saturated carbocycles. The van der Waals surface area contributed by atoms with Crippen molar-refractivity contribution in [2.75, 3.05) is 23.4 Å². The van der Waals surface area contributed by atoms with Crippen LogP contribution in [0.2, 0.25) is 0 Å². The predicted octanol–water partition coefficient (Wildman–Crippen LogP) is 2.40. The molecule has 2 aliphatic heterocycles. The van der Waals surface area contributed by atoms with E-state index in [1.54, 1.807) is 6.20 Å². The third-order valence-corrected chi connectivity index (χ3v) is 5.60. The van der Waals surface area contributed by atoms with Crippen LogP contribution in [0.3, 0.4) is 0 Å². The first kappa shape index (κ1) is 18.0. The Hall–Kier alpha value is -3.10. The van der Waals surface area contributed by atoms with Crippen LogP contribution in [0.4, 0.5) is 11.4 Å². The number of aromatic nitrogens is 2. The van der Waals surface area contributed by atoms with E-state index in [1.807, 2.05) is 44.2 Å². The highest BCUT2D eigenvalue weighted by atomic mass is 16.5. The third kappa shape index (κ3) is 2.67. The fourth-order valence-electron chi connectivity index (χ4n) is 4.30. The molecule has 0 spiro atoms. The number of nitrogens with one attached hydrogen (secondary N) is 1. The molecule has 0 saturated heterocycles. The average molecular weight is 394 g/mol. The maximum Gasteiger partial charge on any atom is 0.152 e. The lowest BCUT2D eigenvalue weighted by atomic mass is 9.99. The van der Waals surface area contributed by atoms with Crippen LogP contribution in [-0.2, 0) is 0 Å². The Bertz CT molecular complexity index is 1030. The molecule has 150 valence electrons. The molecule has 3 aromatic rings. The highest BCUT2D eigenvalue weighted by Gasteiger charge is 2.44. The first-order chi connectivity index (χ1) is 14.1. The average Bonchev–Trinajstić information content (AvgIpc) is 3.30. The van der Waals surface area contributed by atoms with Gasteiger partial charge in [0.15, 0.2) is 5.75 Å². The SMILES string of the molecule is Cc1noc(C)c1-c1ccc2c3c1OC[C@H](c1ccccn1)N3C(C(O)CO)N2. The highest BCUT2D eigenvalue weighted by Crippen LogP contribution is 2.54. The molecule has 0 radical (unpaired) electrons. The molecule has 3 N–H and O–H groups in total. The molecule has 2 aliphatic rings. The summed E-state index contributed by atoms with van der Waals surface area (Å²) in [6, 6.07) is 9.47. The summed E-state index contributed by atoms with van der Waals surface area (Å²) in [6.45, 7) is 3.78. The van der Waals surface area contributed by atoms with E-state index in [4.69, 9.17) is 9.26 Å². The Morgan fingerprint density at radius 2 is 2.14 bits per heavy atom. The molecule has 0 aliphatic carbocycles. The summed E-state index contributed by atoms with van der Waals surface area (Å²) in [7, 11) is 0. The third-order valence-electron chi connectivity index (χ3n) is 5.60. The van der Waals surface area contributed by atoms with Gasteiger partial charge in [0.25, 0.3) is 0 Å². The van der Waals surface area contributed by atoms with E-state index in [0.29, 0.717) is 12.4 Å². The van der Waals surface area contributed by atoms with Crippen molar-refractivity contribution < 1.29 is 19.5 Å². The van der Waals surface area contributed by atoms with Gasteiger partial charge in [0, 0.05) is 11.8 Å². The molecule has 1 aromatic carbocycles. The summed E-state index contributed by atoms with van der Waals surface area (Å²) in [5.74, 6) is 1.43. The van der Waals surface area contributed by atoms with Gasteiger partial charge in [0.05, 0.1) is 29.2 Å². The van der Waals surface area contributed by atoms with Gasteiger partial charge < -0.3 is 29.7 Å². The number of nitrogens with zero attached hydrogens (tertiary/aromatic N) is 3.